The molecule has 0 heterocycles. The molecule has 0 saturated carbocycles. The van der Waals surface area contributed by atoms with Crippen molar-refractivity contribution in [2.45, 2.75) is 19.3 Å². The molecule has 22 heavy (non-hydrogen) atoms. The standard InChI is InChI=1S/C18H21NO3/c1-2-18(21)22-11-10-19-16-9-8-15(17(20)13-16)12-14-6-4-3-5-7-14/h2,4,6-9,13,19-20H,1,3,5,10-12H2. The van der Waals surface area contributed by atoms with Gasteiger partial charge in [-0.3, -0.25) is 0 Å². The first-order chi connectivity index (χ1) is 10.7. The van der Waals surface area contributed by atoms with Crippen LogP contribution in [0.25, 0.3) is 0 Å². The summed E-state index contributed by atoms with van der Waals surface area (Å²) in [5, 5.41) is 13.2. The van der Waals surface area contributed by atoms with Gasteiger partial charge < -0.3 is 15.2 Å². The predicted octanol–water partition coefficient (Wildman–Crippen LogP) is 3.35. The maximum atomic E-state index is 10.9. The third-order valence-electron chi connectivity index (χ3n) is 3.39. The maximum Gasteiger partial charge on any atom is 0.330 e. The number of carbonyl (C=O) groups excluding carboxylic acids is 1. The average Bonchev–Trinajstić information content (AvgIpc) is 2.54. The quantitative estimate of drug-likeness (QED) is 0.460. The molecule has 0 fully saturated rings. The summed E-state index contributed by atoms with van der Waals surface area (Å²) in [7, 11) is 0. The molecule has 0 bridgehead atoms. The zero-order valence-electron chi connectivity index (χ0n) is 12.5. The number of esters is 1. The van der Waals surface area contributed by atoms with E-state index in [-0.39, 0.29) is 12.4 Å². The summed E-state index contributed by atoms with van der Waals surface area (Å²) in [5.74, 6) is -0.165. The second-order valence-electron chi connectivity index (χ2n) is 5.08. The fourth-order valence-corrected chi connectivity index (χ4v) is 2.25. The van der Waals surface area contributed by atoms with Gasteiger partial charge in [-0.15, -0.1) is 0 Å². The predicted molar refractivity (Wildman–Crippen MR) is 87.9 cm³/mol. The van der Waals surface area contributed by atoms with Crippen molar-refractivity contribution in [1.29, 1.82) is 0 Å². The van der Waals surface area contributed by atoms with Crippen molar-refractivity contribution in [3.05, 3.63) is 60.2 Å². The van der Waals surface area contributed by atoms with Crippen molar-refractivity contribution in [2.75, 3.05) is 18.5 Å². The molecule has 0 aliphatic heterocycles. The molecule has 2 N–H and O–H groups in total. The van der Waals surface area contributed by atoms with Gasteiger partial charge in [-0.1, -0.05) is 30.9 Å². The first-order valence-corrected chi connectivity index (χ1v) is 7.39. The molecule has 0 aromatic heterocycles. The second kappa shape index (κ2) is 8.08. The van der Waals surface area contributed by atoms with Crippen LogP contribution in [-0.4, -0.2) is 24.2 Å². The average molecular weight is 299 g/mol. The Kier molecular flexibility index (Phi) is 5.83. The normalized spacial score (nSPS) is 13.4. The number of anilines is 1. The van der Waals surface area contributed by atoms with Crippen molar-refractivity contribution in [3.63, 3.8) is 0 Å². The number of hydrogen-bond donors (Lipinski definition) is 2. The van der Waals surface area contributed by atoms with E-state index in [1.165, 1.54) is 5.57 Å². The van der Waals surface area contributed by atoms with E-state index in [4.69, 9.17) is 4.74 Å². The Hall–Kier alpha value is -2.49. The molecule has 4 heteroatoms. The lowest BCUT2D eigenvalue weighted by Crippen LogP contribution is -2.12. The van der Waals surface area contributed by atoms with Gasteiger partial charge >= 0.3 is 5.97 Å². The third-order valence-corrected chi connectivity index (χ3v) is 3.39. The molecule has 0 atom stereocenters. The molecular formula is C18H21NO3. The maximum absolute atomic E-state index is 10.9. The van der Waals surface area contributed by atoms with Gasteiger partial charge in [0.15, 0.2) is 0 Å². The Bertz CT molecular complexity index is 602. The lowest BCUT2D eigenvalue weighted by Gasteiger charge is -2.11. The van der Waals surface area contributed by atoms with Crippen LogP contribution in [0.15, 0.2) is 54.7 Å². The van der Waals surface area contributed by atoms with Crippen molar-refractivity contribution >= 4 is 11.7 Å². The summed E-state index contributed by atoms with van der Waals surface area (Å²) in [5.41, 5.74) is 2.93. The molecule has 0 amide bonds. The van der Waals surface area contributed by atoms with E-state index in [1.807, 2.05) is 12.1 Å². The van der Waals surface area contributed by atoms with Crippen LogP contribution in [0.5, 0.6) is 5.75 Å². The number of carbonyl (C=O) groups is 1. The Morgan fingerprint density at radius 1 is 1.41 bits per heavy atom. The number of phenolic OH excluding ortho intramolecular Hbond substituents is 1. The van der Waals surface area contributed by atoms with Crippen LogP contribution in [0.3, 0.4) is 0 Å². The van der Waals surface area contributed by atoms with Gasteiger partial charge in [-0.05, 0) is 30.0 Å². The van der Waals surface area contributed by atoms with E-state index in [1.54, 1.807) is 6.07 Å². The van der Waals surface area contributed by atoms with Gasteiger partial charge in [0, 0.05) is 30.8 Å². The fourth-order valence-electron chi connectivity index (χ4n) is 2.25. The molecule has 0 saturated heterocycles. The number of aromatic hydroxyl groups is 1. The zero-order valence-corrected chi connectivity index (χ0v) is 12.5. The van der Waals surface area contributed by atoms with E-state index in [0.29, 0.717) is 6.54 Å². The number of allylic oxidation sites excluding steroid dienone is 4. The summed E-state index contributed by atoms with van der Waals surface area (Å²) in [6.07, 6.45) is 10.5. The minimum absolute atomic E-state index is 0.255. The first-order valence-electron chi connectivity index (χ1n) is 7.39. The number of hydrogen-bond acceptors (Lipinski definition) is 4. The molecule has 2 rings (SSSR count). The van der Waals surface area contributed by atoms with Crippen LogP contribution in [0, 0.1) is 0 Å². The zero-order chi connectivity index (χ0) is 15.8. The minimum Gasteiger partial charge on any atom is -0.508 e. The highest BCUT2D eigenvalue weighted by molar-refractivity contribution is 5.81. The van der Waals surface area contributed by atoms with Gasteiger partial charge in [-0.25, -0.2) is 4.79 Å². The lowest BCUT2D eigenvalue weighted by molar-refractivity contribution is -0.137. The number of nitrogens with one attached hydrogen (secondary N) is 1. The lowest BCUT2D eigenvalue weighted by atomic mass is 9.99. The summed E-state index contributed by atoms with van der Waals surface area (Å²) in [6, 6.07) is 5.52. The number of phenols is 1. The fraction of sp³-hybridized carbons (Fsp3) is 0.278. The minimum atomic E-state index is -0.436. The summed E-state index contributed by atoms with van der Waals surface area (Å²) in [6.45, 7) is 4.06. The molecule has 1 aliphatic carbocycles. The third kappa shape index (κ3) is 4.81. The first kappa shape index (κ1) is 15.9. The molecule has 0 unspecified atom stereocenters. The Labute approximate surface area is 130 Å². The van der Waals surface area contributed by atoms with Gasteiger partial charge in [0.05, 0.1) is 0 Å². The molecule has 1 aromatic rings. The van der Waals surface area contributed by atoms with Crippen molar-refractivity contribution in [2.24, 2.45) is 0 Å². The molecule has 0 spiro atoms. The smallest absolute Gasteiger partial charge is 0.330 e. The van der Waals surface area contributed by atoms with Crippen LogP contribution in [-0.2, 0) is 16.0 Å². The van der Waals surface area contributed by atoms with E-state index in [0.717, 1.165) is 36.6 Å². The Morgan fingerprint density at radius 3 is 2.95 bits per heavy atom. The van der Waals surface area contributed by atoms with Gasteiger partial charge in [0.25, 0.3) is 0 Å². The van der Waals surface area contributed by atoms with E-state index >= 15 is 0 Å². The molecular weight excluding hydrogens is 278 g/mol. The molecule has 4 nitrogen and oxygen atoms in total. The monoisotopic (exact) mass is 299 g/mol. The molecule has 1 aliphatic rings. The number of rotatable bonds is 7. The largest absolute Gasteiger partial charge is 0.508 e. The van der Waals surface area contributed by atoms with Gasteiger partial charge in [0.1, 0.15) is 12.4 Å². The summed E-state index contributed by atoms with van der Waals surface area (Å²) in [4.78, 5) is 10.9. The number of benzene rings is 1. The number of ether oxygens (including phenoxy) is 1. The van der Waals surface area contributed by atoms with Crippen LogP contribution in [0.1, 0.15) is 18.4 Å². The van der Waals surface area contributed by atoms with E-state index in [2.05, 4.69) is 30.1 Å². The SMILES string of the molecule is C=CC(=O)OCCNc1ccc(CC2=CCCC=C2)c(O)c1. The van der Waals surface area contributed by atoms with Gasteiger partial charge in [-0.2, -0.15) is 0 Å². The highest BCUT2D eigenvalue weighted by Gasteiger charge is 2.06. The topological polar surface area (TPSA) is 58.6 Å². The van der Waals surface area contributed by atoms with Crippen LogP contribution in [0.2, 0.25) is 0 Å². The summed E-state index contributed by atoms with van der Waals surface area (Å²) < 4.78 is 4.87. The summed E-state index contributed by atoms with van der Waals surface area (Å²) >= 11 is 0. The Balaban J connectivity index is 1.86. The van der Waals surface area contributed by atoms with E-state index in [9.17, 15) is 9.90 Å². The highest BCUT2D eigenvalue weighted by Crippen LogP contribution is 2.25. The highest BCUT2D eigenvalue weighted by atomic mass is 16.5. The van der Waals surface area contributed by atoms with E-state index < -0.39 is 5.97 Å². The molecule has 0 radical (unpaired) electrons. The van der Waals surface area contributed by atoms with Gasteiger partial charge in [0.2, 0.25) is 0 Å². The molecule has 116 valence electrons. The van der Waals surface area contributed by atoms with Crippen LogP contribution in [0.4, 0.5) is 5.69 Å². The van der Waals surface area contributed by atoms with Crippen LogP contribution < -0.4 is 5.32 Å². The van der Waals surface area contributed by atoms with Crippen molar-refractivity contribution in [3.8, 4) is 5.75 Å². The molecule has 1 aromatic carbocycles. The van der Waals surface area contributed by atoms with Crippen molar-refractivity contribution < 1.29 is 14.6 Å². The van der Waals surface area contributed by atoms with Crippen molar-refractivity contribution in [1.82, 2.24) is 0 Å². The van der Waals surface area contributed by atoms with Crippen LogP contribution >= 0.6 is 0 Å². The Morgan fingerprint density at radius 2 is 2.27 bits per heavy atom. The second-order valence-corrected chi connectivity index (χ2v) is 5.08.